The van der Waals surface area contributed by atoms with Crippen LogP contribution in [-0.2, 0) is 7.05 Å². The van der Waals surface area contributed by atoms with Crippen LogP contribution in [0.3, 0.4) is 0 Å². The Labute approximate surface area is 98.1 Å². The zero-order valence-electron chi connectivity index (χ0n) is 9.33. The summed E-state index contributed by atoms with van der Waals surface area (Å²) < 4.78 is 1.73. The van der Waals surface area contributed by atoms with E-state index in [0.29, 0.717) is 0 Å². The van der Waals surface area contributed by atoms with Gasteiger partial charge in [-0.05, 0) is 12.1 Å². The molecule has 2 aromatic heterocycles. The Hall–Kier alpha value is -2.43. The minimum Gasteiger partial charge on any atom is -0.340 e. The molecule has 0 unspecified atom stereocenters. The fourth-order valence-electron chi connectivity index (χ4n) is 1.72. The number of anilines is 2. The number of benzene rings is 1. The molecule has 84 valence electrons. The molecule has 5 nitrogen and oxygen atoms in total. The number of nitrogens with zero attached hydrogens (tertiary/aromatic N) is 4. The minimum atomic E-state index is 0.773. The lowest BCUT2D eigenvalue weighted by Gasteiger charge is -2.05. The van der Waals surface area contributed by atoms with E-state index in [1.165, 1.54) is 6.33 Å². The fraction of sp³-hybridized carbons (Fsp3) is 0.0833. The van der Waals surface area contributed by atoms with Crippen molar-refractivity contribution in [1.82, 2.24) is 19.7 Å². The molecule has 0 fully saturated rings. The van der Waals surface area contributed by atoms with Gasteiger partial charge in [-0.1, -0.05) is 18.2 Å². The average Bonchev–Trinajstić information content (AvgIpc) is 2.74. The maximum Gasteiger partial charge on any atom is 0.163 e. The largest absolute Gasteiger partial charge is 0.340 e. The van der Waals surface area contributed by atoms with E-state index in [1.54, 1.807) is 10.9 Å². The first-order valence-corrected chi connectivity index (χ1v) is 5.29. The Morgan fingerprint density at radius 1 is 1.12 bits per heavy atom. The van der Waals surface area contributed by atoms with E-state index < -0.39 is 0 Å². The second kappa shape index (κ2) is 3.86. The van der Waals surface area contributed by atoms with Gasteiger partial charge in [0.2, 0.25) is 0 Å². The second-order valence-electron chi connectivity index (χ2n) is 3.72. The lowest BCUT2D eigenvalue weighted by atomic mass is 10.3. The summed E-state index contributed by atoms with van der Waals surface area (Å²) in [6.45, 7) is 0. The first kappa shape index (κ1) is 9.77. The highest BCUT2D eigenvalue weighted by Gasteiger charge is 2.07. The van der Waals surface area contributed by atoms with Gasteiger partial charge in [0.1, 0.15) is 12.1 Å². The van der Waals surface area contributed by atoms with Crippen LogP contribution in [0, 0.1) is 0 Å². The molecule has 0 aliphatic heterocycles. The van der Waals surface area contributed by atoms with Crippen LogP contribution in [0.5, 0.6) is 0 Å². The van der Waals surface area contributed by atoms with Crippen molar-refractivity contribution in [3.63, 3.8) is 0 Å². The molecular formula is C12H11N5. The van der Waals surface area contributed by atoms with Crippen LogP contribution < -0.4 is 5.32 Å². The quantitative estimate of drug-likeness (QED) is 0.725. The van der Waals surface area contributed by atoms with Gasteiger partial charge in [0, 0.05) is 12.7 Å². The minimum absolute atomic E-state index is 0.773. The molecule has 0 saturated carbocycles. The van der Waals surface area contributed by atoms with Crippen molar-refractivity contribution < 1.29 is 0 Å². The van der Waals surface area contributed by atoms with E-state index in [1.807, 2.05) is 37.4 Å². The highest BCUT2D eigenvalue weighted by Crippen LogP contribution is 2.21. The summed E-state index contributed by atoms with van der Waals surface area (Å²) in [7, 11) is 1.86. The number of hydrogen-bond acceptors (Lipinski definition) is 4. The van der Waals surface area contributed by atoms with Gasteiger partial charge in [0.25, 0.3) is 0 Å². The fourth-order valence-corrected chi connectivity index (χ4v) is 1.72. The second-order valence-corrected chi connectivity index (χ2v) is 3.72. The highest BCUT2D eigenvalue weighted by molar-refractivity contribution is 5.88. The summed E-state index contributed by atoms with van der Waals surface area (Å²) in [5, 5.41) is 8.34. The zero-order valence-corrected chi connectivity index (χ0v) is 9.33. The smallest absolute Gasteiger partial charge is 0.163 e. The summed E-state index contributed by atoms with van der Waals surface area (Å²) in [5.41, 5.74) is 1.81. The van der Waals surface area contributed by atoms with E-state index in [0.717, 1.165) is 22.5 Å². The standard InChI is InChI=1S/C12H11N5/c1-17-12-10(7-15-17)11(13-8-14-12)16-9-5-3-2-4-6-9/h2-8H,1H3,(H,13,14,16). The number of aryl methyl sites for hydroxylation is 1. The van der Waals surface area contributed by atoms with Crippen molar-refractivity contribution in [2.24, 2.45) is 7.05 Å². The van der Waals surface area contributed by atoms with Crippen LogP contribution in [0.25, 0.3) is 11.0 Å². The first-order chi connectivity index (χ1) is 8.34. The third-order valence-electron chi connectivity index (χ3n) is 2.57. The number of fused-ring (bicyclic) bond motifs is 1. The van der Waals surface area contributed by atoms with Gasteiger partial charge in [-0.15, -0.1) is 0 Å². The molecule has 2 heterocycles. The lowest BCUT2D eigenvalue weighted by Crippen LogP contribution is -1.96. The van der Waals surface area contributed by atoms with Crippen molar-refractivity contribution in [1.29, 1.82) is 0 Å². The predicted octanol–water partition coefficient (Wildman–Crippen LogP) is 2.11. The topological polar surface area (TPSA) is 55.6 Å². The molecule has 17 heavy (non-hydrogen) atoms. The first-order valence-electron chi connectivity index (χ1n) is 5.29. The van der Waals surface area contributed by atoms with Crippen molar-refractivity contribution >= 4 is 22.5 Å². The van der Waals surface area contributed by atoms with Crippen LogP contribution in [-0.4, -0.2) is 19.7 Å². The Morgan fingerprint density at radius 2 is 1.94 bits per heavy atom. The summed E-state index contributed by atoms with van der Waals surface area (Å²) in [6, 6.07) is 9.91. The number of para-hydroxylation sites is 1. The predicted molar refractivity (Wildman–Crippen MR) is 66.0 cm³/mol. The van der Waals surface area contributed by atoms with Crippen molar-refractivity contribution in [2.75, 3.05) is 5.32 Å². The van der Waals surface area contributed by atoms with Crippen LogP contribution in [0.15, 0.2) is 42.9 Å². The number of hydrogen-bond donors (Lipinski definition) is 1. The van der Waals surface area contributed by atoms with E-state index in [-0.39, 0.29) is 0 Å². The molecule has 1 N–H and O–H groups in total. The zero-order chi connectivity index (χ0) is 11.7. The van der Waals surface area contributed by atoms with E-state index in [4.69, 9.17) is 0 Å². The van der Waals surface area contributed by atoms with Gasteiger partial charge in [-0.25, -0.2) is 9.97 Å². The van der Waals surface area contributed by atoms with Crippen molar-refractivity contribution in [2.45, 2.75) is 0 Å². The number of aromatic nitrogens is 4. The van der Waals surface area contributed by atoms with E-state index in [2.05, 4.69) is 20.4 Å². The summed E-state index contributed by atoms with van der Waals surface area (Å²) >= 11 is 0. The molecule has 0 atom stereocenters. The molecule has 0 amide bonds. The molecule has 5 heteroatoms. The van der Waals surface area contributed by atoms with Gasteiger partial charge < -0.3 is 5.32 Å². The molecule has 0 aliphatic rings. The summed E-state index contributed by atoms with van der Waals surface area (Å²) in [4.78, 5) is 8.43. The van der Waals surface area contributed by atoms with Gasteiger partial charge in [0.15, 0.2) is 5.65 Å². The maximum absolute atomic E-state index is 4.24. The molecule has 3 rings (SSSR count). The normalized spacial score (nSPS) is 10.6. The van der Waals surface area contributed by atoms with E-state index >= 15 is 0 Å². The molecular weight excluding hydrogens is 214 g/mol. The molecule has 0 saturated heterocycles. The highest BCUT2D eigenvalue weighted by atomic mass is 15.3. The van der Waals surface area contributed by atoms with Gasteiger partial charge in [-0.2, -0.15) is 5.10 Å². The molecule has 0 aliphatic carbocycles. The monoisotopic (exact) mass is 225 g/mol. The number of nitrogens with one attached hydrogen (secondary N) is 1. The third kappa shape index (κ3) is 1.71. The average molecular weight is 225 g/mol. The van der Waals surface area contributed by atoms with E-state index in [9.17, 15) is 0 Å². The SMILES string of the molecule is Cn1ncc2c(Nc3ccccc3)ncnc21. The Balaban J connectivity index is 2.06. The Morgan fingerprint density at radius 3 is 2.76 bits per heavy atom. The third-order valence-corrected chi connectivity index (χ3v) is 2.57. The van der Waals surface area contributed by atoms with Crippen molar-refractivity contribution in [3.8, 4) is 0 Å². The lowest BCUT2D eigenvalue weighted by molar-refractivity contribution is 0.785. The van der Waals surface area contributed by atoms with Gasteiger partial charge in [0.05, 0.1) is 11.6 Å². The van der Waals surface area contributed by atoms with Crippen LogP contribution in [0.1, 0.15) is 0 Å². The number of rotatable bonds is 2. The molecule has 0 bridgehead atoms. The summed E-state index contributed by atoms with van der Waals surface area (Å²) in [6.07, 6.45) is 3.30. The Kier molecular flexibility index (Phi) is 2.22. The van der Waals surface area contributed by atoms with Crippen molar-refractivity contribution in [3.05, 3.63) is 42.9 Å². The molecule has 3 aromatic rings. The van der Waals surface area contributed by atoms with Crippen LogP contribution in [0.4, 0.5) is 11.5 Å². The van der Waals surface area contributed by atoms with Crippen LogP contribution >= 0.6 is 0 Å². The molecule has 1 aromatic carbocycles. The molecule has 0 spiro atoms. The van der Waals surface area contributed by atoms with Crippen LogP contribution in [0.2, 0.25) is 0 Å². The maximum atomic E-state index is 4.24. The Bertz CT molecular complexity index is 644. The van der Waals surface area contributed by atoms with Gasteiger partial charge >= 0.3 is 0 Å². The van der Waals surface area contributed by atoms with Gasteiger partial charge in [-0.3, -0.25) is 4.68 Å². The molecule has 0 radical (unpaired) electrons. The summed E-state index contributed by atoms with van der Waals surface area (Å²) in [5.74, 6) is 0.773.